The maximum atomic E-state index is 5.79. The molecule has 1 saturated heterocycles. The van der Waals surface area contributed by atoms with Crippen molar-refractivity contribution in [2.45, 2.75) is 25.5 Å². The molecule has 0 unspecified atom stereocenters. The van der Waals surface area contributed by atoms with Crippen LogP contribution in [0, 0.1) is 0 Å². The van der Waals surface area contributed by atoms with Gasteiger partial charge in [0.2, 0.25) is 5.88 Å². The largest absolute Gasteiger partial charge is 0.472 e. The van der Waals surface area contributed by atoms with E-state index in [1.807, 2.05) is 55.2 Å². The molecule has 0 radical (unpaired) electrons. The molecule has 1 aliphatic heterocycles. The molecule has 6 heteroatoms. The molecule has 6 nitrogen and oxygen atoms in total. The third-order valence-corrected chi connectivity index (χ3v) is 4.56. The molecule has 25 heavy (non-hydrogen) atoms. The fraction of sp³-hybridized carbons (Fsp3) is 0.316. The molecule has 1 fully saturated rings. The van der Waals surface area contributed by atoms with Crippen LogP contribution in [-0.2, 0) is 6.61 Å². The standard InChI is InChI=1S/C19H21N5O/c1-2-4-16(5-3-1)14-25-19-13-21-12-18(22-19)23-9-6-17(7-10-23)24-11-8-20-15-24/h1-5,8,11-13,15,17H,6-7,9-10,14H2. The normalized spacial score (nSPS) is 15.3. The number of imidazole rings is 1. The summed E-state index contributed by atoms with van der Waals surface area (Å²) in [6, 6.07) is 10.6. The number of piperidine rings is 1. The van der Waals surface area contributed by atoms with Crippen molar-refractivity contribution < 1.29 is 4.74 Å². The molecule has 0 N–H and O–H groups in total. The lowest BCUT2D eigenvalue weighted by atomic mass is 10.1. The van der Waals surface area contributed by atoms with Gasteiger partial charge in [-0.15, -0.1) is 0 Å². The van der Waals surface area contributed by atoms with E-state index < -0.39 is 0 Å². The SMILES string of the molecule is c1ccc(COc2cncc(N3CCC(n4ccnc4)CC3)n2)cc1. The van der Waals surface area contributed by atoms with Gasteiger partial charge in [-0.3, -0.25) is 4.98 Å². The predicted octanol–water partition coefficient (Wildman–Crippen LogP) is 3.09. The summed E-state index contributed by atoms with van der Waals surface area (Å²) in [6.07, 6.45) is 11.4. The van der Waals surface area contributed by atoms with Crippen molar-refractivity contribution in [2.75, 3.05) is 18.0 Å². The highest BCUT2D eigenvalue weighted by Gasteiger charge is 2.21. The summed E-state index contributed by atoms with van der Waals surface area (Å²) in [5.41, 5.74) is 1.12. The van der Waals surface area contributed by atoms with Crippen LogP contribution in [0.1, 0.15) is 24.4 Å². The second-order valence-electron chi connectivity index (χ2n) is 6.22. The lowest BCUT2D eigenvalue weighted by Gasteiger charge is -2.33. The van der Waals surface area contributed by atoms with E-state index in [0.717, 1.165) is 37.3 Å². The molecular formula is C19H21N5O. The molecular weight excluding hydrogens is 314 g/mol. The Hall–Kier alpha value is -2.89. The molecule has 1 aromatic carbocycles. The van der Waals surface area contributed by atoms with E-state index in [2.05, 4.69) is 24.4 Å². The molecule has 1 aliphatic rings. The van der Waals surface area contributed by atoms with Gasteiger partial charge in [-0.1, -0.05) is 30.3 Å². The molecule has 0 amide bonds. The number of hydrogen-bond donors (Lipinski definition) is 0. The lowest BCUT2D eigenvalue weighted by Crippen LogP contribution is -2.35. The fourth-order valence-electron chi connectivity index (χ4n) is 3.17. The predicted molar refractivity (Wildman–Crippen MR) is 95.5 cm³/mol. The van der Waals surface area contributed by atoms with Crippen LogP contribution in [0.5, 0.6) is 5.88 Å². The Kier molecular flexibility index (Phi) is 4.59. The molecule has 0 bridgehead atoms. The van der Waals surface area contributed by atoms with Crippen LogP contribution in [0.2, 0.25) is 0 Å². The second kappa shape index (κ2) is 7.34. The van der Waals surface area contributed by atoms with Crippen LogP contribution in [0.15, 0.2) is 61.4 Å². The molecule has 128 valence electrons. The Bertz CT molecular complexity index is 783. The highest BCUT2D eigenvalue weighted by atomic mass is 16.5. The second-order valence-corrected chi connectivity index (χ2v) is 6.22. The number of aromatic nitrogens is 4. The average Bonchev–Trinajstić information content (AvgIpc) is 3.22. The Labute approximate surface area is 147 Å². The van der Waals surface area contributed by atoms with Gasteiger partial charge in [-0.05, 0) is 18.4 Å². The van der Waals surface area contributed by atoms with E-state index in [1.165, 1.54) is 0 Å². The molecule has 4 rings (SSSR count). The van der Waals surface area contributed by atoms with Crippen molar-refractivity contribution in [2.24, 2.45) is 0 Å². The molecule has 0 aliphatic carbocycles. The van der Waals surface area contributed by atoms with Crippen LogP contribution in [0.25, 0.3) is 0 Å². The molecule has 3 aromatic rings. The minimum atomic E-state index is 0.502. The lowest BCUT2D eigenvalue weighted by molar-refractivity contribution is 0.292. The maximum Gasteiger partial charge on any atom is 0.234 e. The van der Waals surface area contributed by atoms with E-state index in [0.29, 0.717) is 18.5 Å². The van der Waals surface area contributed by atoms with Gasteiger partial charge in [0.25, 0.3) is 0 Å². The van der Waals surface area contributed by atoms with Gasteiger partial charge in [0.1, 0.15) is 6.61 Å². The maximum absolute atomic E-state index is 5.79. The average molecular weight is 335 g/mol. The third kappa shape index (κ3) is 3.79. The first kappa shape index (κ1) is 15.6. The molecule has 2 aromatic heterocycles. The Balaban J connectivity index is 1.37. The zero-order valence-electron chi connectivity index (χ0n) is 14.0. The van der Waals surface area contributed by atoms with Crippen molar-refractivity contribution in [3.8, 4) is 5.88 Å². The van der Waals surface area contributed by atoms with Crippen LogP contribution in [-0.4, -0.2) is 32.6 Å². The third-order valence-electron chi connectivity index (χ3n) is 4.56. The first-order chi connectivity index (χ1) is 12.4. The van der Waals surface area contributed by atoms with E-state index in [4.69, 9.17) is 4.74 Å². The summed E-state index contributed by atoms with van der Waals surface area (Å²) < 4.78 is 7.99. The Morgan fingerprint density at radius 1 is 1.04 bits per heavy atom. The zero-order chi connectivity index (χ0) is 16.9. The van der Waals surface area contributed by atoms with Crippen LogP contribution in [0.3, 0.4) is 0 Å². The summed E-state index contributed by atoms with van der Waals surface area (Å²) >= 11 is 0. The van der Waals surface area contributed by atoms with Crippen LogP contribution >= 0.6 is 0 Å². The summed E-state index contributed by atoms with van der Waals surface area (Å²) in [4.78, 5) is 15.3. The topological polar surface area (TPSA) is 56.1 Å². The number of hydrogen-bond acceptors (Lipinski definition) is 5. The number of anilines is 1. The highest BCUT2D eigenvalue weighted by Crippen LogP contribution is 2.25. The first-order valence-corrected chi connectivity index (χ1v) is 8.59. The summed E-state index contributed by atoms with van der Waals surface area (Å²) in [6.45, 7) is 2.42. The van der Waals surface area contributed by atoms with Crippen molar-refractivity contribution in [1.82, 2.24) is 19.5 Å². The fourth-order valence-corrected chi connectivity index (χ4v) is 3.17. The van der Waals surface area contributed by atoms with Gasteiger partial charge in [0, 0.05) is 31.5 Å². The van der Waals surface area contributed by atoms with E-state index in [-0.39, 0.29) is 0 Å². The van der Waals surface area contributed by atoms with Gasteiger partial charge in [-0.25, -0.2) is 4.98 Å². The first-order valence-electron chi connectivity index (χ1n) is 8.59. The van der Waals surface area contributed by atoms with Gasteiger partial charge < -0.3 is 14.2 Å². The highest BCUT2D eigenvalue weighted by molar-refractivity contribution is 5.38. The van der Waals surface area contributed by atoms with Gasteiger partial charge in [0.05, 0.1) is 18.7 Å². The minimum Gasteiger partial charge on any atom is -0.472 e. The number of nitrogens with zero attached hydrogens (tertiary/aromatic N) is 5. The van der Waals surface area contributed by atoms with E-state index in [9.17, 15) is 0 Å². The van der Waals surface area contributed by atoms with Gasteiger partial charge >= 0.3 is 0 Å². The minimum absolute atomic E-state index is 0.502. The Morgan fingerprint density at radius 3 is 2.64 bits per heavy atom. The van der Waals surface area contributed by atoms with Crippen LogP contribution < -0.4 is 9.64 Å². The summed E-state index contributed by atoms with van der Waals surface area (Å²) in [7, 11) is 0. The van der Waals surface area contributed by atoms with Crippen molar-refractivity contribution >= 4 is 5.82 Å². The van der Waals surface area contributed by atoms with Gasteiger partial charge in [0.15, 0.2) is 5.82 Å². The van der Waals surface area contributed by atoms with Crippen molar-refractivity contribution in [3.63, 3.8) is 0 Å². The van der Waals surface area contributed by atoms with E-state index >= 15 is 0 Å². The molecule has 0 atom stereocenters. The quantitative estimate of drug-likeness (QED) is 0.717. The smallest absolute Gasteiger partial charge is 0.234 e. The number of rotatable bonds is 5. The summed E-state index contributed by atoms with van der Waals surface area (Å²) in [5.74, 6) is 1.45. The van der Waals surface area contributed by atoms with Crippen molar-refractivity contribution in [3.05, 3.63) is 67.0 Å². The monoisotopic (exact) mass is 335 g/mol. The van der Waals surface area contributed by atoms with E-state index in [1.54, 1.807) is 6.20 Å². The molecule has 0 saturated carbocycles. The van der Waals surface area contributed by atoms with Crippen molar-refractivity contribution in [1.29, 1.82) is 0 Å². The molecule has 3 heterocycles. The molecule has 0 spiro atoms. The van der Waals surface area contributed by atoms with Gasteiger partial charge in [-0.2, -0.15) is 4.98 Å². The number of ether oxygens (including phenoxy) is 1. The van der Waals surface area contributed by atoms with Crippen LogP contribution in [0.4, 0.5) is 5.82 Å². The Morgan fingerprint density at radius 2 is 1.88 bits per heavy atom. The number of benzene rings is 1. The zero-order valence-corrected chi connectivity index (χ0v) is 14.0. The summed E-state index contributed by atoms with van der Waals surface area (Å²) in [5, 5.41) is 0.